The number of hydrogen-bond donors (Lipinski definition) is 1. The van der Waals surface area contributed by atoms with Crippen LogP contribution in [-0.2, 0) is 14.9 Å². The zero-order valence-electron chi connectivity index (χ0n) is 28.3. The summed E-state index contributed by atoms with van der Waals surface area (Å²) in [7, 11) is 1.76. The zero-order valence-corrected chi connectivity index (χ0v) is 29.0. The highest BCUT2D eigenvalue weighted by molar-refractivity contribution is 6.53. The van der Waals surface area contributed by atoms with E-state index >= 15 is 0 Å². The maximum atomic E-state index is 13.9. The second kappa shape index (κ2) is 14.5. The first kappa shape index (κ1) is 33.6. The second-order valence-corrected chi connectivity index (χ2v) is 13.8. The largest absolute Gasteiger partial charge is 0.457 e. The minimum atomic E-state index is -1.20. The molecule has 2 fully saturated rings. The Balaban J connectivity index is 1.13. The van der Waals surface area contributed by atoms with Crippen LogP contribution in [0, 0.1) is 5.41 Å². The summed E-state index contributed by atoms with van der Waals surface area (Å²) >= 11 is 5.72. The van der Waals surface area contributed by atoms with Gasteiger partial charge in [0.2, 0.25) is 5.78 Å². The van der Waals surface area contributed by atoms with Crippen LogP contribution in [0.4, 0.5) is 11.4 Å². The Hall–Kier alpha value is -3.92. The highest BCUT2D eigenvalue weighted by Crippen LogP contribution is 2.57. The lowest BCUT2D eigenvalue weighted by Gasteiger charge is -2.40. The molecule has 0 radical (unpaired) electrons. The smallest absolute Gasteiger partial charge is 0.253 e. The number of halogens is 1. The van der Waals surface area contributed by atoms with Crippen molar-refractivity contribution < 1.29 is 23.8 Å². The van der Waals surface area contributed by atoms with Gasteiger partial charge >= 0.3 is 0 Å². The SMILES string of the molecule is CN(CCOCCOCCCCCCCl)C(=O)c1ccc2c(c1)C1(C(=N)C2=O)c2ccc(N3CCC3)cc2Oc2cc(N3CCC3)ccc21. The van der Waals surface area contributed by atoms with E-state index in [9.17, 15) is 15.0 Å². The Labute approximate surface area is 293 Å². The van der Waals surface area contributed by atoms with E-state index in [-0.39, 0.29) is 17.4 Å². The number of ether oxygens (including phenoxy) is 3. The summed E-state index contributed by atoms with van der Waals surface area (Å²) in [6.45, 7) is 6.46. The lowest BCUT2D eigenvalue weighted by atomic mass is 9.67. The summed E-state index contributed by atoms with van der Waals surface area (Å²) in [4.78, 5) is 33.9. The van der Waals surface area contributed by atoms with Crippen LogP contribution in [0.2, 0.25) is 0 Å². The van der Waals surface area contributed by atoms with Crippen molar-refractivity contribution in [2.24, 2.45) is 0 Å². The molecule has 2 saturated heterocycles. The third kappa shape index (κ3) is 6.21. The topological polar surface area (TPSA) is 95.4 Å². The molecule has 0 atom stereocenters. The van der Waals surface area contributed by atoms with E-state index < -0.39 is 5.41 Å². The number of nitrogens with zero attached hydrogens (tertiary/aromatic N) is 3. The van der Waals surface area contributed by atoms with Gasteiger partial charge in [-0.25, -0.2) is 0 Å². The van der Waals surface area contributed by atoms with Crippen molar-refractivity contribution in [1.29, 1.82) is 5.41 Å². The molecule has 1 N–H and O–H groups in total. The molecule has 1 spiro atoms. The number of unbranched alkanes of at least 4 members (excludes halogenated alkanes) is 3. The van der Waals surface area contributed by atoms with Gasteiger partial charge in [-0.2, -0.15) is 0 Å². The van der Waals surface area contributed by atoms with Gasteiger partial charge < -0.3 is 28.9 Å². The van der Waals surface area contributed by atoms with Gasteiger partial charge in [-0.05, 0) is 61.6 Å². The summed E-state index contributed by atoms with van der Waals surface area (Å²) in [6.07, 6.45) is 6.61. The number of likely N-dealkylation sites (N-methyl/N-ethyl adjacent to an activating group) is 1. The van der Waals surface area contributed by atoms with E-state index in [0.29, 0.717) is 67.0 Å². The molecule has 1 amide bonds. The number of Topliss-reactive ketones (excluding diaryl/α,β-unsaturated/α-hetero) is 1. The lowest BCUT2D eigenvalue weighted by Crippen LogP contribution is -2.40. The molecular weight excluding hydrogens is 640 g/mol. The number of rotatable bonds is 15. The molecule has 4 aliphatic rings. The van der Waals surface area contributed by atoms with E-state index in [0.717, 1.165) is 87.2 Å². The van der Waals surface area contributed by atoms with Gasteiger partial charge in [0, 0.05) is 98.0 Å². The van der Waals surface area contributed by atoms with E-state index in [1.54, 1.807) is 24.1 Å². The van der Waals surface area contributed by atoms with E-state index in [2.05, 4.69) is 21.9 Å². The highest BCUT2D eigenvalue weighted by atomic mass is 35.5. The number of nitrogens with one attached hydrogen (secondary N) is 1. The Bertz CT molecular complexity index is 1670. The molecule has 3 aromatic rings. The first-order chi connectivity index (χ1) is 23.9. The Kier molecular flexibility index (Phi) is 9.94. The molecule has 9 nitrogen and oxygen atoms in total. The summed E-state index contributed by atoms with van der Waals surface area (Å²) in [5, 5.41) is 9.44. The van der Waals surface area contributed by atoms with Gasteiger partial charge in [0.05, 0.1) is 30.9 Å². The Morgan fingerprint density at radius 3 is 2.02 bits per heavy atom. The Morgan fingerprint density at radius 1 is 0.816 bits per heavy atom. The maximum Gasteiger partial charge on any atom is 0.253 e. The molecule has 10 heteroatoms. The Morgan fingerprint density at radius 2 is 1.43 bits per heavy atom. The number of carbonyl (C=O) groups is 2. The highest BCUT2D eigenvalue weighted by Gasteiger charge is 2.56. The van der Waals surface area contributed by atoms with Crippen molar-refractivity contribution in [3.8, 4) is 11.5 Å². The first-order valence-electron chi connectivity index (χ1n) is 17.7. The van der Waals surface area contributed by atoms with Crippen LogP contribution in [0.1, 0.15) is 75.9 Å². The normalized spacial score (nSPS) is 16.9. The standard InChI is InChI=1S/C39H45ClN4O5/c1-42(19-21-48-23-22-47-20-5-3-2-4-14-40)38(46)27-8-11-30-33(24-27)39(37(41)36(30)45)31-12-9-28(43-15-6-16-43)25-34(31)49-35-26-29(10-13-32(35)39)44-17-7-18-44/h8-13,24-26,41H,2-7,14-23H2,1H3. The van der Waals surface area contributed by atoms with Gasteiger partial charge in [0.25, 0.3) is 5.91 Å². The fraction of sp³-hybridized carbons (Fsp3) is 0.462. The van der Waals surface area contributed by atoms with Gasteiger partial charge in [-0.1, -0.05) is 25.0 Å². The van der Waals surface area contributed by atoms with Crippen molar-refractivity contribution >= 4 is 40.4 Å². The van der Waals surface area contributed by atoms with Crippen LogP contribution in [0.3, 0.4) is 0 Å². The molecule has 1 aliphatic carbocycles. The van der Waals surface area contributed by atoms with Crippen LogP contribution in [-0.4, -0.2) is 94.4 Å². The summed E-state index contributed by atoms with van der Waals surface area (Å²) in [5.41, 5.74) is 3.98. The second-order valence-electron chi connectivity index (χ2n) is 13.4. The number of fused-ring (bicyclic) bond motifs is 6. The molecule has 7 rings (SSSR count). The molecule has 3 aliphatic heterocycles. The zero-order chi connectivity index (χ0) is 34.0. The number of carbonyl (C=O) groups excluding carboxylic acids is 2. The number of ketones is 1. The molecule has 3 aromatic carbocycles. The van der Waals surface area contributed by atoms with Crippen LogP contribution >= 0.6 is 11.6 Å². The molecule has 0 bridgehead atoms. The van der Waals surface area contributed by atoms with E-state index in [1.807, 2.05) is 30.3 Å². The van der Waals surface area contributed by atoms with Gasteiger partial charge in [-0.15, -0.1) is 11.6 Å². The molecule has 0 unspecified atom stereocenters. The molecule has 0 aromatic heterocycles. The fourth-order valence-corrected chi connectivity index (χ4v) is 7.49. The molecule has 0 saturated carbocycles. The molecule has 49 heavy (non-hydrogen) atoms. The van der Waals surface area contributed by atoms with Crippen molar-refractivity contribution in [3.05, 3.63) is 82.4 Å². The number of hydrogen-bond acceptors (Lipinski definition) is 8. The summed E-state index contributed by atoms with van der Waals surface area (Å²) in [6, 6.07) is 17.5. The van der Waals surface area contributed by atoms with Crippen LogP contribution in [0.15, 0.2) is 54.6 Å². The van der Waals surface area contributed by atoms with E-state index in [1.165, 1.54) is 0 Å². The number of anilines is 2. The number of alkyl halides is 1. The molecule has 3 heterocycles. The third-order valence-corrected chi connectivity index (χ3v) is 10.6. The van der Waals surface area contributed by atoms with Crippen molar-refractivity contribution in [2.75, 3.05) is 81.9 Å². The third-order valence-electron chi connectivity index (χ3n) is 10.4. The maximum absolute atomic E-state index is 13.9. The summed E-state index contributed by atoms with van der Waals surface area (Å²) in [5.74, 6) is 1.50. The lowest BCUT2D eigenvalue weighted by molar-refractivity contribution is 0.0377. The van der Waals surface area contributed by atoms with Gasteiger partial charge in [0.1, 0.15) is 11.5 Å². The minimum Gasteiger partial charge on any atom is -0.457 e. The summed E-state index contributed by atoms with van der Waals surface area (Å²) < 4.78 is 18.1. The van der Waals surface area contributed by atoms with Crippen LogP contribution < -0.4 is 14.5 Å². The minimum absolute atomic E-state index is 0.0227. The average Bonchev–Trinajstić information content (AvgIpc) is 3.27. The number of benzene rings is 3. The quantitative estimate of drug-likeness (QED) is 0.141. The monoisotopic (exact) mass is 684 g/mol. The van der Waals surface area contributed by atoms with Gasteiger partial charge in [-0.3, -0.25) is 15.0 Å². The van der Waals surface area contributed by atoms with Gasteiger partial charge in [0.15, 0.2) is 0 Å². The molecule has 258 valence electrons. The van der Waals surface area contributed by atoms with Crippen molar-refractivity contribution in [3.63, 3.8) is 0 Å². The van der Waals surface area contributed by atoms with Crippen LogP contribution in [0.5, 0.6) is 11.5 Å². The predicted molar refractivity (Wildman–Crippen MR) is 193 cm³/mol. The molecular formula is C39H45ClN4O5. The van der Waals surface area contributed by atoms with Crippen molar-refractivity contribution in [2.45, 2.75) is 43.9 Å². The van der Waals surface area contributed by atoms with Crippen LogP contribution in [0.25, 0.3) is 0 Å². The predicted octanol–water partition coefficient (Wildman–Crippen LogP) is 6.67. The fourth-order valence-electron chi connectivity index (χ4n) is 7.30. The van der Waals surface area contributed by atoms with E-state index in [4.69, 9.17) is 25.8 Å². The number of amides is 1. The average molecular weight is 685 g/mol. The van der Waals surface area contributed by atoms with Crippen molar-refractivity contribution in [1.82, 2.24) is 4.90 Å². The first-order valence-corrected chi connectivity index (χ1v) is 18.2.